The number of fused-ring (bicyclic) bond motifs is 1. The van der Waals surface area contributed by atoms with Gasteiger partial charge in [0.25, 0.3) is 11.5 Å². The highest BCUT2D eigenvalue weighted by molar-refractivity contribution is 6.30. The van der Waals surface area contributed by atoms with E-state index in [4.69, 9.17) is 37.2 Å². The molecule has 0 atom stereocenters. The number of nitrogens with one attached hydrogen (secondary N) is 1. The summed E-state index contributed by atoms with van der Waals surface area (Å²) in [6.07, 6.45) is -7.57. The number of benzene rings is 1. The third-order valence-electron chi connectivity index (χ3n) is 5.56. The molecule has 3 aromatic heterocycles. The number of ether oxygens (including phenoxy) is 1. The molecule has 4 rings (SSSR count). The summed E-state index contributed by atoms with van der Waals surface area (Å²) in [4.78, 5) is 39.0. The molecular weight excluding hydrogens is 640 g/mol. The van der Waals surface area contributed by atoms with Crippen LogP contribution >= 0.6 is 11.6 Å². The van der Waals surface area contributed by atoms with Crippen molar-refractivity contribution in [2.75, 3.05) is 19.6 Å². The Labute approximate surface area is 253 Å². The number of halogens is 7. The molecule has 0 aliphatic rings. The first-order valence-electron chi connectivity index (χ1n) is 12.3. The van der Waals surface area contributed by atoms with Crippen LogP contribution in [-0.4, -0.2) is 62.1 Å². The van der Waals surface area contributed by atoms with Gasteiger partial charge in [-0.2, -0.15) is 41.4 Å². The molecular formula is C26H20ClF6N7O5. The van der Waals surface area contributed by atoms with Crippen molar-refractivity contribution in [1.29, 1.82) is 5.26 Å². The molecule has 0 aliphatic heterocycles. The molecule has 0 radical (unpaired) electrons. The number of aliphatic carboxylic acids is 1. The van der Waals surface area contributed by atoms with Crippen LogP contribution in [0.2, 0.25) is 5.02 Å². The van der Waals surface area contributed by atoms with Crippen LogP contribution in [0.4, 0.5) is 26.3 Å². The lowest BCUT2D eigenvalue weighted by atomic mass is 10.2. The molecule has 0 aliphatic carbocycles. The second-order valence-corrected chi connectivity index (χ2v) is 9.21. The van der Waals surface area contributed by atoms with Crippen LogP contribution in [0.25, 0.3) is 11.0 Å². The maximum atomic E-state index is 13.8. The highest BCUT2D eigenvalue weighted by atomic mass is 35.5. The van der Waals surface area contributed by atoms with Crippen LogP contribution < -0.4 is 21.3 Å². The number of nitriles is 1. The molecule has 238 valence electrons. The number of carboxylic acids is 1. The van der Waals surface area contributed by atoms with Crippen molar-refractivity contribution < 1.29 is 45.8 Å². The Morgan fingerprint density at radius 1 is 1.16 bits per heavy atom. The fraction of sp³-hybridized carbons (Fsp3) is 0.231. The number of hydrogen-bond acceptors (Lipinski definition) is 9. The summed E-state index contributed by atoms with van der Waals surface area (Å²) >= 11 is 5.94. The van der Waals surface area contributed by atoms with Gasteiger partial charge in [0.1, 0.15) is 11.3 Å². The Morgan fingerprint density at radius 3 is 2.44 bits per heavy atom. The molecule has 19 heteroatoms. The van der Waals surface area contributed by atoms with E-state index in [0.717, 1.165) is 21.5 Å². The van der Waals surface area contributed by atoms with Crippen LogP contribution in [0.5, 0.6) is 11.5 Å². The number of pyridine rings is 2. The van der Waals surface area contributed by atoms with E-state index in [-0.39, 0.29) is 40.8 Å². The van der Waals surface area contributed by atoms with Gasteiger partial charge in [0, 0.05) is 35.9 Å². The molecule has 0 amide bonds. The highest BCUT2D eigenvalue weighted by Gasteiger charge is 2.38. The zero-order valence-corrected chi connectivity index (χ0v) is 23.2. The molecule has 0 spiro atoms. The first-order chi connectivity index (χ1) is 21.1. The van der Waals surface area contributed by atoms with Crippen molar-refractivity contribution in [2.24, 2.45) is 5.73 Å². The summed E-state index contributed by atoms with van der Waals surface area (Å²) in [6.45, 7) is 0.361. The van der Waals surface area contributed by atoms with Gasteiger partial charge >= 0.3 is 18.3 Å². The third-order valence-corrected chi connectivity index (χ3v) is 5.78. The molecule has 0 saturated heterocycles. The van der Waals surface area contributed by atoms with Gasteiger partial charge in [-0.05, 0) is 36.4 Å². The lowest BCUT2D eigenvalue weighted by molar-refractivity contribution is -0.192. The summed E-state index contributed by atoms with van der Waals surface area (Å²) in [5.74, 6) is -4.42. The Balaban J connectivity index is 0.000000707. The summed E-state index contributed by atoms with van der Waals surface area (Å²) in [7, 11) is 0. The van der Waals surface area contributed by atoms with Crippen molar-refractivity contribution >= 4 is 34.5 Å². The quantitative estimate of drug-likeness (QED) is 0.186. The molecule has 0 bridgehead atoms. The van der Waals surface area contributed by atoms with Gasteiger partial charge in [-0.25, -0.2) is 9.78 Å². The predicted octanol–water partition coefficient (Wildman–Crippen LogP) is 3.80. The third kappa shape index (κ3) is 8.78. The Bertz CT molecular complexity index is 1820. The van der Waals surface area contributed by atoms with Gasteiger partial charge in [0.2, 0.25) is 5.75 Å². The second-order valence-electron chi connectivity index (χ2n) is 8.77. The Hall–Kier alpha value is -4.99. The SMILES string of the molecule is N#Cc1cc(Cl)cc(Oc2c(C(F)(F)F)ccn(Cc3nn(C(=O)CNCCN)c4ncccc34)c2=O)c1.O=C(O)C(F)(F)F. The Morgan fingerprint density at radius 2 is 1.84 bits per heavy atom. The number of rotatable bonds is 8. The minimum atomic E-state index is -5.08. The largest absolute Gasteiger partial charge is 0.490 e. The van der Waals surface area contributed by atoms with Gasteiger partial charge in [-0.3, -0.25) is 9.59 Å². The smallest absolute Gasteiger partial charge is 0.475 e. The van der Waals surface area contributed by atoms with Crippen molar-refractivity contribution in [1.82, 2.24) is 24.6 Å². The van der Waals surface area contributed by atoms with E-state index in [2.05, 4.69) is 15.4 Å². The Kier molecular flexibility index (Phi) is 10.9. The predicted molar refractivity (Wildman–Crippen MR) is 145 cm³/mol. The molecule has 12 nitrogen and oxygen atoms in total. The van der Waals surface area contributed by atoms with Gasteiger partial charge in [-0.1, -0.05) is 11.6 Å². The van der Waals surface area contributed by atoms with Crippen molar-refractivity contribution in [2.45, 2.75) is 18.9 Å². The fourth-order valence-corrected chi connectivity index (χ4v) is 3.87. The lowest BCUT2D eigenvalue weighted by Gasteiger charge is -2.15. The summed E-state index contributed by atoms with van der Waals surface area (Å²) in [6, 6.07) is 9.39. The van der Waals surface area contributed by atoms with Crippen LogP contribution in [0.15, 0.2) is 53.6 Å². The maximum Gasteiger partial charge on any atom is 0.490 e. The van der Waals surface area contributed by atoms with E-state index in [9.17, 15) is 35.9 Å². The van der Waals surface area contributed by atoms with Gasteiger partial charge < -0.3 is 25.5 Å². The normalized spacial score (nSPS) is 11.4. The minimum Gasteiger partial charge on any atom is -0.475 e. The highest BCUT2D eigenvalue weighted by Crippen LogP contribution is 2.36. The van der Waals surface area contributed by atoms with Gasteiger partial charge in [0.15, 0.2) is 5.65 Å². The average molecular weight is 660 g/mol. The van der Waals surface area contributed by atoms with Crippen molar-refractivity contribution in [3.8, 4) is 17.6 Å². The molecule has 4 aromatic rings. The van der Waals surface area contributed by atoms with Crippen molar-refractivity contribution in [3.05, 3.63) is 81.0 Å². The summed E-state index contributed by atoms with van der Waals surface area (Å²) in [5.41, 5.74) is 3.49. The first-order valence-corrected chi connectivity index (χ1v) is 12.7. The second kappa shape index (κ2) is 14.2. The zero-order valence-electron chi connectivity index (χ0n) is 22.5. The zero-order chi connectivity index (χ0) is 33.5. The fourth-order valence-electron chi connectivity index (χ4n) is 3.64. The van der Waals surface area contributed by atoms with Crippen LogP contribution in [0.3, 0.4) is 0 Å². The summed E-state index contributed by atoms with van der Waals surface area (Å²) in [5, 5.41) is 23.9. The molecule has 3 heterocycles. The first kappa shape index (κ1) is 34.5. The number of hydrogen-bond donors (Lipinski definition) is 3. The number of nitrogens with zero attached hydrogens (tertiary/aromatic N) is 5. The summed E-state index contributed by atoms with van der Waals surface area (Å²) < 4.78 is 80.4. The van der Waals surface area contributed by atoms with E-state index in [0.29, 0.717) is 24.5 Å². The van der Waals surface area contributed by atoms with Crippen LogP contribution in [-0.2, 0) is 17.5 Å². The topological polar surface area (TPSA) is 178 Å². The molecule has 0 saturated carbocycles. The molecule has 4 N–H and O–H groups in total. The standard InChI is InChI=1S/C24H19ClF3N7O3.C2HF3O2/c25-15-8-14(11-30)9-16(10-15)38-21-18(24(26,27)28)3-7-34(23(21)37)13-19-17-2-1-5-32-22(17)35(33-19)20(36)12-31-6-4-29;3-2(4,5)1(6)7/h1-3,5,7-10,31H,4,6,12-13,29H2;(H,6,7). The number of alkyl halides is 6. The lowest BCUT2D eigenvalue weighted by Crippen LogP contribution is -2.31. The molecule has 1 aromatic carbocycles. The minimum absolute atomic E-state index is 0.0347. The van der Waals surface area contributed by atoms with Crippen molar-refractivity contribution in [3.63, 3.8) is 0 Å². The van der Waals surface area contributed by atoms with E-state index in [1.807, 2.05) is 6.07 Å². The number of carbonyl (C=O) groups excluding carboxylic acids is 1. The number of carboxylic acid groups (broad SMARTS) is 1. The molecule has 0 unspecified atom stereocenters. The maximum absolute atomic E-state index is 13.8. The average Bonchev–Trinajstić information content (AvgIpc) is 3.32. The van der Waals surface area contributed by atoms with E-state index in [1.54, 1.807) is 12.1 Å². The monoisotopic (exact) mass is 659 g/mol. The van der Waals surface area contributed by atoms with Crippen LogP contribution in [0.1, 0.15) is 21.6 Å². The van der Waals surface area contributed by atoms with E-state index < -0.39 is 41.1 Å². The van der Waals surface area contributed by atoms with Gasteiger partial charge in [0.05, 0.1) is 30.4 Å². The van der Waals surface area contributed by atoms with E-state index >= 15 is 0 Å². The van der Waals surface area contributed by atoms with E-state index in [1.165, 1.54) is 18.3 Å². The number of aromatic nitrogens is 4. The molecule has 0 fully saturated rings. The van der Waals surface area contributed by atoms with Crippen LogP contribution in [0, 0.1) is 11.3 Å². The number of carbonyl (C=O) groups is 2. The number of nitrogens with two attached hydrogens (primary N) is 1. The van der Waals surface area contributed by atoms with Gasteiger partial charge in [-0.15, -0.1) is 0 Å². The molecule has 45 heavy (non-hydrogen) atoms.